The number of carbonyl (C=O) groups is 1. The lowest BCUT2D eigenvalue weighted by molar-refractivity contribution is -0.204. The summed E-state index contributed by atoms with van der Waals surface area (Å²) in [5, 5.41) is 17.5. The van der Waals surface area contributed by atoms with E-state index in [-0.39, 0.29) is 18.9 Å². The Kier molecular flexibility index (Phi) is 6.98. The molecule has 0 unspecified atom stereocenters. The lowest BCUT2D eigenvalue weighted by Gasteiger charge is -2.11. The molecule has 0 bridgehead atoms. The van der Waals surface area contributed by atoms with Crippen LogP contribution in [0.2, 0.25) is 0 Å². The van der Waals surface area contributed by atoms with Crippen molar-refractivity contribution in [1.82, 2.24) is 34.7 Å². The van der Waals surface area contributed by atoms with Gasteiger partial charge in [-0.3, -0.25) is 5.41 Å². The van der Waals surface area contributed by atoms with Crippen LogP contribution in [0.5, 0.6) is 0 Å². The number of hydrogen-bond acceptors (Lipinski definition) is 5. The molecule has 0 aliphatic heterocycles. The fourth-order valence-electron chi connectivity index (χ4n) is 4.51. The summed E-state index contributed by atoms with van der Waals surface area (Å²) in [6, 6.07) is 8.30. The predicted octanol–water partition coefficient (Wildman–Crippen LogP) is 3.48. The lowest BCUT2D eigenvalue weighted by atomic mass is 10.1. The highest BCUT2D eigenvalue weighted by atomic mass is 19.4. The first-order valence-corrected chi connectivity index (χ1v) is 12.0. The van der Waals surface area contributed by atoms with E-state index in [4.69, 9.17) is 5.41 Å². The van der Waals surface area contributed by atoms with E-state index in [1.807, 2.05) is 0 Å². The van der Waals surface area contributed by atoms with Gasteiger partial charge in [-0.15, -0.1) is 0 Å². The highest BCUT2D eigenvalue weighted by molar-refractivity contribution is 5.96. The third-order valence-electron chi connectivity index (χ3n) is 6.28. The first kappa shape index (κ1) is 27.4. The molecule has 3 aromatic heterocycles. The number of carbonyl (C=O) groups excluding carboxylic acids is 1. The minimum absolute atomic E-state index is 0.0874. The van der Waals surface area contributed by atoms with Gasteiger partial charge in [-0.2, -0.15) is 23.8 Å². The molecule has 0 amide bonds. The summed E-state index contributed by atoms with van der Waals surface area (Å²) in [6.45, 7) is 0.371. The van der Waals surface area contributed by atoms with Crippen LogP contribution in [-0.2, 0) is 23.2 Å². The number of fused-ring (bicyclic) bond motifs is 2. The Balaban J connectivity index is 1.42. The van der Waals surface area contributed by atoms with E-state index in [0.29, 0.717) is 39.5 Å². The van der Waals surface area contributed by atoms with Crippen LogP contribution >= 0.6 is 0 Å². The van der Waals surface area contributed by atoms with E-state index in [9.17, 15) is 31.5 Å². The zero-order chi connectivity index (χ0) is 29.5. The smallest absolute Gasteiger partial charge is 0.354 e. The maximum atomic E-state index is 14.3. The van der Waals surface area contributed by atoms with Crippen molar-refractivity contribution in [3.63, 3.8) is 0 Å². The van der Waals surface area contributed by atoms with Gasteiger partial charge in [0.15, 0.2) is 5.82 Å². The largest absolute Gasteiger partial charge is 0.493 e. The molecule has 41 heavy (non-hydrogen) atoms. The van der Waals surface area contributed by atoms with Crippen molar-refractivity contribution >= 4 is 33.7 Å². The van der Waals surface area contributed by atoms with Crippen molar-refractivity contribution in [3.8, 4) is 17.1 Å². The minimum atomic E-state index is -5.21. The molecule has 0 aliphatic carbocycles. The Bertz CT molecular complexity index is 1850. The summed E-state index contributed by atoms with van der Waals surface area (Å²) in [7, 11) is 1.77. The first-order chi connectivity index (χ1) is 19.4. The van der Waals surface area contributed by atoms with Gasteiger partial charge in [0.05, 0.1) is 11.2 Å². The van der Waals surface area contributed by atoms with Crippen LogP contribution in [0.4, 0.5) is 22.0 Å². The fourth-order valence-corrected chi connectivity index (χ4v) is 4.51. The first-order valence-electron chi connectivity index (χ1n) is 12.0. The number of hydrogen-bond donors (Lipinski definition) is 4. The van der Waals surface area contributed by atoms with E-state index < -0.39 is 35.4 Å². The number of benzene rings is 2. The topological polar surface area (TPSA) is 135 Å². The molecule has 5 aromatic rings. The van der Waals surface area contributed by atoms with Crippen LogP contribution in [0, 0.1) is 17.0 Å². The van der Waals surface area contributed by atoms with Crippen LogP contribution in [0.25, 0.3) is 38.9 Å². The molecule has 2 aromatic carbocycles. The number of aromatic amines is 1. The van der Waals surface area contributed by atoms with E-state index >= 15 is 0 Å². The predicted molar refractivity (Wildman–Crippen MR) is 137 cm³/mol. The normalized spacial score (nSPS) is 11.8. The molecule has 11 nitrogen and oxygen atoms in total. The van der Waals surface area contributed by atoms with Gasteiger partial charge in [-0.25, -0.2) is 28.0 Å². The number of nitrogens with zero attached hydrogens (tertiary/aromatic N) is 4. The molecule has 0 aliphatic rings. The average Bonchev–Trinajstić information content (AvgIpc) is 3.56. The number of aryl methyl sites for hydroxylation is 2. The molecule has 4 N–H and O–H groups in total. The Morgan fingerprint density at radius 1 is 1.07 bits per heavy atom. The van der Waals surface area contributed by atoms with Gasteiger partial charge in [-0.1, -0.05) is 0 Å². The SMILES string of the molecule is Cn1cc(-c2n[nH]c(=O)n2-c2cn(CCCNC(=N)NOC(=O)C(F)(F)F)c3ccc(F)cc23)c2cc(F)ccc21. The van der Waals surface area contributed by atoms with Crippen molar-refractivity contribution in [2.24, 2.45) is 7.05 Å². The van der Waals surface area contributed by atoms with E-state index in [1.54, 1.807) is 40.1 Å². The Hall–Kier alpha value is -5.15. The van der Waals surface area contributed by atoms with Crippen LogP contribution in [-0.4, -0.2) is 48.5 Å². The molecule has 0 atom stereocenters. The molecule has 0 radical (unpaired) electrons. The van der Waals surface area contributed by atoms with Crippen LogP contribution in [0.15, 0.2) is 53.6 Å². The molecule has 5 rings (SSSR count). The Labute approximate surface area is 226 Å². The van der Waals surface area contributed by atoms with Crippen molar-refractivity contribution in [3.05, 3.63) is 70.9 Å². The standard InChI is InChI=1S/C25H21F5N8O3/c1-36-11-17(15-9-13(26)3-5-18(15)36)21-33-34-24(40)38(21)20-12-37(19-6-4-14(27)10-16(19)20)8-2-7-32-23(31)35-41-22(39)25(28,29)30/h3-6,9-12H,2,7-8H2,1H3,(H,34,40)(H3,31,32,35). The zero-order valence-electron chi connectivity index (χ0n) is 21.1. The molecular formula is C25H21F5N8O3. The highest BCUT2D eigenvalue weighted by Crippen LogP contribution is 2.33. The van der Waals surface area contributed by atoms with Crippen LogP contribution < -0.4 is 16.5 Å². The Morgan fingerprint density at radius 3 is 2.46 bits per heavy atom. The molecule has 0 saturated carbocycles. The number of nitrogens with one attached hydrogen (secondary N) is 4. The third kappa shape index (κ3) is 5.35. The molecule has 0 fully saturated rings. The second-order valence-electron chi connectivity index (χ2n) is 9.02. The number of halogens is 5. The minimum Gasteiger partial charge on any atom is -0.354 e. The second-order valence-corrected chi connectivity index (χ2v) is 9.02. The van der Waals surface area contributed by atoms with Gasteiger partial charge in [0.1, 0.15) is 11.6 Å². The van der Waals surface area contributed by atoms with Gasteiger partial charge >= 0.3 is 17.8 Å². The number of aromatic nitrogens is 5. The molecular weight excluding hydrogens is 555 g/mol. The summed E-state index contributed by atoms with van der Waals surface area (Å²) in [5.41, 5.74) is 3.02. The van der Waals surface area contributed by atoms with Crippen molar-refractivity contribution in [2.45, 2.75) is 19.1 Å². The molecule has 3 heterocycles. The van der Waals surface area contributed by atoms with Gasteiger partial charge in [-0.05, 0) is 42.8 Å². The molecule has 0 saturated heterocycles. The monoisotopic (exact) mass is 576 g/mol. The fraction of sp³-hybridized carbons (Fsp3) is 0.200. The van der Waals surface area contributed by atoms with Crippen molar-refractivity contribution in [2.75, 3.05) is 6.54 Å². The Morgan fingerprint density at radius 2 is 1.76 bits per heavy atom. The van der Waals surface area contributed by atoms with Gasteiger partial charge < -0.3 is 19.3 Å². The number of rotatable bonds is 6. The maximum Gasteiger partial charge on any atom is 0.493 e. The second kappa shape index (κ2) is 10.4. The zero-order valence-corrected chi connectivity index (χ0v) is 21.1. The van der Waals surface area contributed by atoms with Crippen molar-refractivity contribution < 1.29 is 31.6 Å². The third-order valence-corrected chi connectivity index (χ3v) is 6.28. The number of guanidine groups is 1. The number of alkyl halides is 3. The van der Waals surface area contributed by atoms with E-state index in [1.165, 1.54) is 34.9 Å². The van der Waals surface area contributed by atoms with Gasteiger partial charge in [0, 0.05) is 54.4 Å². The summed E-state index contributed by atoms with van der Waals surface area (Å²) >= 11 is 0. The van der Waals surface area contributed by atoms with Gasteiger partial charge in [0.25, 0.3) is 0 Å². The number of hydroxylamine groups is 1. The molecule has 214 valence electrons. The molecule has 16 heteroatoms. The highest BCUT2D eigenvalue weighted by Gasteiger charge is 2.41. The lowest BCUT2D eigenvalue weighted by Crippen LogP contribution is -2.41. The van der Waals surface area contributed by atoms with Crippen LogP contribution in [0.1, 0.15) is 6.42 Å². The van der Waals surface area contributed by atoms with Crippen molar-refractivity contribution in [1.29, 1.82) is 5.41 Å². The summed E-state index contributed by atoms with van der Waals surface area (Å²) in [5.74, 6) is -3.99. The quantitative estimate of drug-likeness (QED) is 0.0804. The summed E-state index contributed by atoms with van der Waals surface area (Å²) < 4.78 is 69.8. The molecule has 0 spiro atoms. The summed E-state index contributed by atoms with van der Waals surface area (Å²) in [6.07, 6.45) is -1.56. The number of H-pyrrole nitrogens is 1. The summed E-state index contributed by atoms with van der Waals surface area (Å²) in [4.78, 5) is 27.5. The van der Waals surface area contributed by atoms with Crippen LogP contribution in [0.3, 0.4) is 0 Å². The van der Waals surface area contributed by atoms with E-state index in [0.717, 1.165) is 0 Å². The average molecular weight is 576 g/mol. The maximum absolute atomic E-state index is 14.3. The van der Waals surface area contributed by atoms with E-state index in [2.05, 4.69) is 20.4 Å². The van der Waals surface area contributed by atoms with Gasteiger partial charge in [0.2, 0.25) is 5.96 Å².